The zero-order chi connectivity index (χ0) is 14.5. The van der Waals surface area contributed by atoms with Crippen molar-refractivity contribution in [3.05, 3.63) is 29.3 Å². The van der Waals surface area contributed by atoms with E-state index in [1.54, 1.807) is 0 Å². The topological polar surface area (TPSA) is 9.23 Å². The van der Waals surface area contributed by atoms with Gasteiger partial charge in [0.15, 0.2) is 0 Å². The second kappa shape index (κ2) is 6.51. The molecule has 1 nitrogen and oxygen atoms in total. The number of methoxy groups -OCH3 is 1. The van der Waals surface area contributed by atoms with E-state index in [9.17, 15) is 13.2 Å². The maximum atomic E-state index is 12.7. The second-order valence-electron chi connectivity index (χ2n) is 4.27. The molecule has 1 aromatic carbocycles. The van der Waals surface area contributed by atoms with E-state index in [2.05, 4.69) is 11.8 Å². The summed E-state index contributed by atoms with van der Waals surface area (Å²) in [6, 6.07) is 3.55. The van der Waals surface area contributed by atoms with Crippen LogP contribution in [0.4, 0.5) is 13.2 Å². The third-order valence-corrected chi connectivity index (χ3v) is 2.80. The van der Waals surface area contributed by atoms with Gasteiger partial charge in [0.05, 0.1) is 12.7 Å². The van der Waals surface area contributed by atoms with Crippen molar-refractivity contribution >= 4 is 0 Å². The molecular weight excluding hydrogens is 253 g/mol. The molecule has 0 radical (unpaired) electrons. The molecule has 19 heavy (non-hydrogen) atoms. The third-order valence-electron chi connectivity index (χ3n) is 2.80. The summed E-state index contributed by atoms with van der Waals surface area (Å²) in [6.45, 7) is 3.78. The van der Waals surface area contributed by atoms with E-state index >= 15 is 0 Å². The smallest absolute Gasteiger partial charge is 0.416 e. The number of hydrogen-bond acceptors (Lipinski definition) is 1. The average Bonchev–Trinajstić information content (AvgIpc) is 2.37. The highest BCUT2D eigenvalue weighted by Gasteiger charge is 2.31. The average molecular weight is 270 g/mol. The van der Waals surface area contributed by atoms with E-state index in [1.807, 2.05) is 13.8 Å². The Morgan fingerprint density at radius 1 is 1.26 bits per heavy atom. The van der Waals surface area contributed by atoms with Crippen LogP contribution in [-0.2, 0) is 6.18 Å². The van der Waals surface area contributed by atoms with Gasteiger partial charge in [0, 0.05) is 12.8 Å². The Morgan fingerprint density at radius 2 is 1.95 bits per heavy atom. The van der Waals surface area contributed by atoms with E-state index < -0.39 is 11.7 Å². The van der Waals surface area contributed by atoms with Crippen molar-refractivity contribution in [2.75, 3.05) is 7.11 Å². The zero-order valence-electron chi connectivity index (χ0n) is 11.3. The van der Waals surface area contributed by atoms with Crippen LogP contribution in [0.2, 0.25) is 0 Å². The predicted molar refractivity (Wildman–Crippen MR) is 69.1 cm³/mol. The Hall–Kier alpha value is -1.63. The van der Waals surface area contributed by atoms with Crippen molar-refractivity contribution in [3.63, 3.8) is 0 Å². The number of rotatable bonds is 3. The van der Waals surface area contributed by atoms with Crippen LogP contribution in [0.1, 0.15) is 43.7 Å². The monoisotopic (exact) mass is 270 g/mol. The maximum absolute atomic E-state index is 12.7. The number of alkyl halides is 3. The van der Waals surface area contributed by atoms with Crippen LogP contribution in [0, 0.1) is 11.8 Å². The van der Waals surface area contributed by atoms with Gasteiger partial charge >= 0.3 is 6.18 Å². The highest BCUT2D eigenvalue weighted by atomic mass is 19.4. The minimum absolute atomic E-state index is 0.101. The molecular formula is C15H17F3O. The standard InChI is InChI=1S/C15H17F3O/c1-4-5-6-7-11(2)13-10-12(15(16,17)18)8-9-14(13)19-3/h8-11H,4,7H2,1-3H3. The lowest BCUT2D eigenvalue weighted by atomic mass is 9.95. The van der Waals surface area contributed by atoms with E-state index in [1.165, 1.54) is 13.2 Å². The molecule has 104 valence electrons. The molecule has 0 saturated heterocycles. The molecule has 0 amide bonds. The SMILES string of the molecule is CCC#CCC(C)c1cc(C(F)(F)F)ccc1OC. The molecule has 1 aromatic rings. The van der Waals surface area contributed by atoms with Crippen LogP contribution in [0.3, 0.4) is 0 Å². The predicted octanol–water partition coefficient (Wildman–Crippen LogP) is 4.62. The molecule has 1 unspecified atom stereocenters. The molecule has 0 aromatic heterocycles. The van der Waals surface area contributed by atoms with Crippen molar-refractivity contribution < 1.29 is 17.9 Å². The van der Waals surface area contributed by atoms with Gasteiger partial charge in [-0.3, -0.25) is 0 Å². The van der Waals surface area contributed by atoms with Gasteiger partial charge in [-0.1, -0.05) is 13.8 Å². The maximum Gasteiger partial charge on any atom is 0.416 e. The van der Waals surface area contributed by atoms with Crippen molar-refractivity contribution in [1.29, 1.82) is 0 Å². The molecule has 1 atom stereocenters. The van der Waals surface area contributed by atoms with Gasteiger partial charge in [0.1, 0.15) is 5.75 Å². The molecule has 1 rings (SSSR count). The van der Waals surface area contributed by atoms with E-state index in [0.717, 1.165) is 18.6 Å². The van der Waals surface area contributed by atoms with Crippen LogP contribution >= 0.6 is 0 Å². The Labute approximate surface area is 111 Å². The van der Waals surface area contributed by atoms with Gasteiger partial charge < -0.3 is 4.74 Å². The fourth-order valence-electron chi connectivity index (χ4n) is 1.76. The minimum Gasteiger partial charge on any atom is -0.496 e. The van der Waals surface area contributed by atoms with Crippen LogP contribution in [0.15, 0.2) is 18.2 Å². The molecule has 0 N–H and O–H groups in total. The summed E-state index contributed by atoms with van der Waals surface area (Å²) in [5, 5.41) is 0. The first-order chi connectivity index (χ1) is 8.90. The van der Waals surface area contributed by atoms with Crippen LogP contribution in [-0.4, -0.2) is 7.11 Å². The lowest BCUT2D eigenvalue weighted by molar-refractivity contribution is -0.137. The molecule has 0 spiro atoms. The highest BCUT2D eigenvalue weighted by Crippen LogP contribution is 2.36. The van der Waals surface area contributed by atoms with Gasteiger partial charge in [-0.2, -0.15) is 13.2 Å². The van der Waals surface area contributed by atoms with Crippen molar-refractivity contribution in [1.82, 2.24) is 0 Å². The third kappa shape index (κ3) is 4.20. The highest BCUT2D eigenvalue weighted by molar-refractivity contribution is 5.41. The lowest BCUT2D eigenvalue weighted by Crippen LogP contribution is -2.07. The molecule has 0 aliphatic carbocycles. The summed E-state index contributed by atoms with van der Waals surface area (Å²) < 4.78 is 43.2. The molecule has 0 heterocycles. The van der Waals surface area contributed by atoms with Crippen LogP contribution in [0.5, 0.6) is 5.75 Å². The van der Waals surface area contributed by atoms with Crippen molar-refractivity contribution in [2.24, 2.45) is 0 Å². The molecule has 0 saturated carbocycles. The molecule has 0 fully saturated rings. The molecule has 0 aliphatic heterocycles. The summed E-state index contributed by atoms with van der Waals surface area (Å²) in [5.74, 6) is 6.24. The first-order valence-corrected chi connectivity index (χ1v) is 6.11. The molecule has 4 heteroatoms. The second-order valence-corrected chi connectivity index (χ2v) is 4.27. The normalized spacial score (nSPS) is 12.5. The fourth-order valence-corrected chi connectivity index (χ4v) is 1.76. The largest absolute Gasteiger partial charge is 0.496 e. The Morgan fingerprint density at radius 3 is 2.47 bits per heavy atom. The summed E-state index contributed by atoms with van der Waals surface area (Å²) in [6.07, 6.45) is -3.08. The summed E-state index contributed by atoms with van der Waals surface area (Å²) in [4.78, 5) is 0. The fraction of sp³-hybridized carbons (Fsp3) is 0.467. The van der Waals surface area contributed by atoms with Gasteiger partial charge in [-0.15, -0.1) is 11.8 Å². The molecule has 0 aliphatic rings. The summed E-state index contributed by atoms with van der Waals surface area (Å²) in [5.41, 5.74) is -0.110. The zero-order valence-corrected chi connectivity index (χ0v) is 11.3. The quantitative estimate of drug-likeness (QED) is 0.728. The number of benzene rings is 1. The van der Waals surface area contributed by atoms with E-state index in [0.29, 0.717) is 17.7 Å². The van der Waals surface area contributed by atoms with Gasteiger partial charge in [-0.05, 0) is 29.7 Å². The first kappa shape index (κ1) is 15.4. The van der Waals surface area contributed by atoms with Gasteiger partial charge in [0.25, 0.3) is 0 Å². The summed E-state index contributed by atoms with van der Waals surface area (Å²) in [7, 11) is 1.45. The lowest BCUT2D eigenvalue weighted by Gasteiger charge is -2.16. The Balaban J connectivity index is 3.08. The summed E-state index contributed by atoms with van der Waals surface area (Å²) >= 11 is 0. The van der Waals surface area contributed by atoms with E-state index in [-0.39, 0.29) is 5.92 Å². The number of ether oxygens (including phenoxy) is 1. The Kier molecular flexibility index (Phi) is 5.29. The van der Waals surface area contributed by atoms with Crippen LogP contribution in [0.25, 0.3) is 0 Å². The van der Waals surface area contributed by atoms with Crippen molar-refractivity contribution in [2.45, 2.75) is 38.8 Å². The first-order valence-electron chi connectivity index (χ1n) is 6.11. The van der Waals surface area contributed by atoms with Gasteiger partial charge in [-0.25, -0.2) is 0 Å². The number of hydrogen-bond donors (Lipinski definition) is 0. The molecule has 0 bridgehead atoms. The van der Waals surface area contributed by atoms with Crippen molar-refractivity contribution in [3.8, 4) is 17.6 Å². The van der Waals surface area contributed by atoms with Crippen LogP contribution < -0.4 is 4.74 Å². The van der Waals surface area contributed by atoms with E-state index in [4.69, 9.17) is 4.74 Å². The number of halogens is 3. The Bertz CT molecular complexity index is 480. The minimum atomic E-state index is -4.34. The van der Waals surface area contributed by atoms with Gasteiger partial charge in [0.2, 0.25) is 0 Å².